The lowest BCUT2D eigenvalue weighted by Crippen LogP contribution is -2.43. The summed E-state index contributed by atoms with van der Waals surface area (Å²) in [4.78, 5) is 0. The van der Waals surface area contributed by atoms with Gasteiger partial charge in [-0.3, -0.25) is 0 Å². The summed E-state index contributed by atoms with van der Waals surface area (Å²) in [6, 6.07) is 0. The second-order valence-corrected chi connectivity index (χ2v) is 9.84. The van der Waals surface area contributed by atoms with Crippen LogP contribution >= 0.6 is 0 Å². The van der Waals surface area contributed by atoms with Crippen molar-refractivity contribution in [3.05, 3.63) is 11.6 Å². The van der Waals surface area contributed by atoms with Gasteiger partial charge >= 0.3 is 0 Å². The Morgan fingerprint density at radius 3 is 2.57 bits per heavy atom. The van der Waals surface area contributed by atoms with Crippen LogP contribution in [0.4, 0.5) is 0 Å². The van der Waals surface area contributed by atoms with E-state index >= 15 is 0 Å². The van der Waals surface area contributed by atoms with E-state index in [0.717, 1.165) is 35.5 Å². The van der Waals surface area contributed by atoms with E-state index in [0.29, 0.717) is 10.8 Å². The Kier molecular flexibility index (Phi) is 3.00. The molecule has 0 heterocycles. The summed E-state index contributed by atoms with van der Waals surface area (Å²) >= 11 is 0. The van der Waals surface area contributed by atoms with E-state index in [1.807, 2.05) is 5.57 Å². The van der Waals surface area contributed by atoms with Gasteiger partial charge in [-0.25, -0.2) is 0 Å². The van der Waals surface area contributed by atoms with E-state index < -0.39 is 0 Å². The number of hydrogen-bond acceptors (Lipinski definition) is 0. The van der Waals surface area contributed by atoms with Crippen LogP contribution in [0.3, 0.4) is 0 Å². The van der Waals surface area contributed by atoms with Gasteiger partial charge in [0.05, 0.1) is 0 Å². The van der Waals surface area contributed by atoms with Crippen molar-refractivity contribution < 1.29 is 0 Å². The maximum Gasteiger partial charge on any atom is -0.00796 e. The second-order valence-electron chi connectivity index (χ2n) is 9.84. The normalized spacial score (nSPS) is 55.3. The molecule has 4 rings (SSSR count). The van der Waals surface area contributed by atoms with E-state index in [4.69, 9.17) is 0 Å². The highest BCUT2D eigenvalue weighted by atomic mass is 14.7. The first-order valence-corrected chi connectivity index (χ1v) is 9.57. The molecule has 3 fully saturated rings. The van der Waals surface area contributed by atoms with E-state index in [1.165, 1.54) is 38.5 Å². The predicted molar refractivity (Wildman–Crippen MR) is 90.0 cm³/mol. The third kappa shape index (κ3) is 1.74. The average molecular weight is 287 g/mol. The van der Waals surface area contributed by atoms with Crippen LogP contribution in [0.25, 0.3) is 0 Å². The van der Waals surface area contributed by atoms with Gasteiger partial charge in [0.2, 0.25) is 0 Å². The van der Waals surface area contributed by atoms with Crippen LogP contribution < -0.4 is 0 Å². The molecule has 0 bridgehead atoms. The van der Waals surface area contributed by atoms with Gasteiger partial charge in [-0.05, 0) is 84.9 Å². The highest BCUT2D eigenvalue weighted by molar-refractivity contribution is 5.30. The van der Waals surface area contributed by atoms with Gasteiger partial charge in [-0.2, -0.15) is 0 Å². The average Bonchev–Trinajstić information content (AvgIpc) is 2.94. The Balaban J connectivity index is 1.66. The topological polar surface area (TPSA) is 0 Å². The summed E-state index contributed by atoms with van der Waals surface area (Å²) < 4.78 is 0. The Hall–Kier alpha value is -0.260. The highest BCUT2D eigenvalue weighted by Gasteiger charge is 2.61. The molecule has 7 atom stereocenters. The molecular weight excluding hydrogens is 252 g/mol. The van der Waals surface area contributed by atoms with Crippen molar-refractivity contribution in [2.45, 2.75) is 73.1 Å². The summed E-state index contributed by atoms with van der Waals surface area (Å²) in [6.45, 7) is 12.7. The summed E-state index contributed by atoms with van der Waals surface area (Å²) in [5.41, 5.74) is 3.11. The zero-order valence-corrected chi connectivity index (χ0v) is 14.8. The lowest BCUT2D eigenvalue weighted by atomic mass is 9.55. The van der Waals surface area contributed by atoms with Gasteiger partial charge in [-0.15, -0.1) is 0 Å². The molecule has 0 nitrogen and oxygen atoms in total. The molecule has 7 unspecified atom stereocenters. The van der Waals surface area contributed by atoms with Crippen LogP contribution in [-0.2, 0) is 0 Å². The van der Waals surface area contributed by atoms with Crippen molar-refractivity contribution in [3.63, 3.8) is 0 Å². The Labute approximate surface area is 131 Å². The number of hydrogen-bond donors (Lipinski definition) is 0. The zero-order valence-electron chi connectivity index (χ0n) is 14.8. The summed E-state index contributed by atoms with van der Waals surface area (Å²) in [7, 11) is 0. The van der Waals surface area contributed by atoms with E-state index in [1.54, 1.807) is 0 Å². The molecule has 0 aromatic carbocycles. The van der Waals surface area contributed by atoms with Gasteiger partial charge in [0.15, 0.2) is 0 Å². The largest absolute Gasteiger partial charge is 0.0819 e. The maximum atomic E-state index is 2.67. The molecule has 4 aliphatic carbocycles. The first kappa shape index (κ1) is 14.3. The Bertz CT molecular complexity index is 472. The van der Waals surface area contributed by atoms with Crippen LogP contribution in [-0.4, -0.2) is 0 Å². The SMILES string of the molecule is CC1C=C2CC3C(CCC4(C)C(C(C)C)CCC34)C2(C)C1. The lowest BCUT2D eigenvalue weighted by Gasteiger charge is -2.50. The molecule has 21 heavy (non-hydrogen) atoms. The minimum absolute atomic E-state index is 0.585. The van der Waals surface area contributed by atoms with Crippen molar-refractivity contribution >= 4 is 0 Å². The molecule has 0 aliphatic heterocycles. The van der Waals surface area contributed by atoms with E-state index in [2.05, 4.69) is 40.7 Å². The fraction of sp³-hybridized carbons (Fsp3) is 0.905. The van der Waals surface area contributed by atoms with Gasteiger partial charge in [0, 0.05) is 0 Å². The molecule has 0 saturated heterocycles. The summed E-state index contributed by atoms with van der Waals surface area (Å²) in [6.07, 6.45) is 11.6. The standard InChI is InChI=1S/C21H34/c1-13(2)17-6-7-18-16-11-15-10-14(3)12-21(15,5)19(16)8-9-20(17,18)4/h10,13-14,16-19H,6-9,11-12H2,1-5H3. The molecular formula is C21H34. The molecule has 0 aromatic heterocycles. The van der Waals surface area contributed by atoms with Crippen LogP contribution in [0.15, 0.2) is 11.6 Å². The molecule has 3 saturated carbocycles. The van der Waals surface area contributed by atoms with Crippen LogP contribution in [0.2, 0.25) is 0 Å². The molecule has 4 aliphatic rings. The van der Waals surface area contributed by atoms with Gasteiger partial charge in [-0.1, -0.05) is 46.3 Å². The van der Waals surface area contributed by atoms with E-state index in [-0.39, 0.29) is 0 Å². The quantitative estimate of drug-likeness (QED) is 0.513. The van der Waals surface area contributed by atoms with Crippen molar-refractivity contribution in [2.75, 3.05) is 0 Å². The molecule has 0 aromatic rings. The number of allylic oxidation sites excluding steroid dienone is 2. The third-order valence-electron chi connectivity index (χ3n) is 8.55. The smallest absolute Gasteiger partial charge is 0.00796 e. The minimum atomic E-state index is 0.585. The van der Waals surface area contributed by atoms with Crippen molar-refractivity contribution in [1.82, 2.24) is 0 Å². The van der Waals surface area contributed by atoms with Crippen LogP contribution in [0.1, 0.15) is 73.1 Å². The maximum absolute atomic E-state index is 2.67. The fourth-order valence-corrected chi connectivity index (χ4v) is 7.84. The second kappa shape index (κ2) is 4.39. The van der Waals surface area contributed by atoms with Gasteiger partial charge in [0.25, 0.3) is 0 Å². The molecule has 0 radical (unpaired) electrons. The third-order valence-corrected chi connectivity index (χ3v) is 8.55. The fourth-order valence-electron chi connectivity index (χ4n) is 7.84. The first-order valence-electron chi connectivity index (χ1n) is 9.57. The number of fused-ring (bicyclic) bond motifs is 5. The van der Waals surface area contributed by atoms with E-state index in [9.17, 15) is 0 Å². The molecule has 0 spiro atoms. The monoisotopic (exact) mass is 286 g/mol. The lowest BCUT2D eigenvalue weighted by molar-refractivity contribution is -0.0137. The zero-order chi connectivity index (χ0) is 15.0. The van der Waals surface area contributed by atoms with Crippen molar-refractivity contribution in [2.24, 2.45) is 46.3 Å². The molecule has 0 heteroatoms. The first-order chi connectivity index (χ1) is 9.86. The summed E-state index contributed by atoms with van der Waals surface area (Å²) in [5.74, 6) is 5.78. The van der Waals surface area contributed by atoms with Gasteiger partial charge in [0.1, 0.15) is 0 Å². The predicted octanol–water partition coefficient (Wildman–Crippen LogP) is 6.08. The molecule has 118 valence electrons. The van der Waals surface area contributed by atoms with Crippen LogP contribution in [0, 0.1) is 46.3 Å². The van der Waals surface area contributed by atoms with Gasteiger partial charge < -0.3 is 0 Å². The van der Waals surface area contributed by atoms with Crippen molar-refractivity contribution in [3.8, 4) is 0 Å². The molecule has 0 amide bonds. The minimum Gasteiger partial charge on any atom is -0.0819 e. The van der Waals surface area contributed by atoms with Crippen LogP contribution in [0.5, 0.6) is 0 Å². The summed E-state index contributed by atoms with van der Waals surface area (Å²) in [5, 5.41) is 0. The molecule has 0 N–H and O–H groups in total. The number of rotatable bonds is 1. The Morgan fingerprint density at radius 2 is 1.86 bits per heavy atom. The Morgan fingerprint density at radius 1 is 1.10 bits per heavy atom. The highest BCUT2D eigenvalue weighted by Crippen LogP contribution is 2.70. The van der Waals surface area contributed by atoms with Crippen molar-refractivity contribution in [1.29, 1.82) is 0 Å².